The van der Waals surface area contributed by atoms with Crippen LogP contribution in [0.2, 0.25) is 0 Å². The number of nitrogens with two attached hydrogens (primary N) is 1. The van der Waals surface area contributed by atoms with Crippen molar-refractivity contribution in [1.82, 2.24) is 0 Å². The number of anilines is 2. The molecule has 1 saturated carbocycles. The third kappa shape index (κ3) is 3.20. The fraction of sp³-hybridized carbons (Fsp3) is 0.647. The third-order valence-electron chi connectivity index (χ3n) is 4.66. The molecule has 0 unspecified atom stereocenters. The highest BCUT2D eigenvalue weighted by Crippen LogP contribution is 2.36. The van der Waals surface area contributed by atoms with Crippen molar-refractivity contribution >= 4 is 11.4 Å². The van der Waals surface area contributed by atoms with Crippen LogP contribution in [0.3, 0.4) is 0 Å². The molecule has 0 spiro atoms. The lowest BCUT2D eigenvalue weighted by atomic mass is 9.84. The fourth-order valence-electron chi connectivity index (χ4n) is 3.26. The van der Waals surface area contributed by atoms with Gasteiger partial charge in [-0.05, 0) is 50.7 Å². The van der Waals surface area contributed by atoms with Gasteiger partial charge < -0.3 is 15.4 Å². The van der Waals surface area contributed by atoms with E-state index in [1.54, 1.807) is 0 Å². The number of benzene rings is 1. The molecule has 20 heavy (non-hydrogen) atoms. The zero-order valence-corrected chi connectivity index (χ0v) is 13.1. The molecule has 0 radical (unpaired) electrons. The van der Waals surface area contributed by atoms with E-state index >= 15 is 0 Å². The van der Waals surface area contributed by atoms with Crippen molar-refractivity contribution in [3.8, 4) is 5.75 Å². The van der Waals surface area contributed by atoms with Crippen molar-refractivity contribution in [2.24, 2.45) is 5.92 Å². The Morgan fingerprint density at radius 2 is 1.90 bits per heavy atom. The highest BCUT2D eigenvalue weighted by molar-refractivity contribution is 5.74. The van der Waals surface area contributed by atoms with Gasteiger partial charge in [-0.15, -0.1) is 0 Å². The summed E-state index contributed by atoms with van der Waals surface area (Å²) in [6.45, 7) is 4.94. The first kappa shape index (κ1) is 15.0. The second-order valence-electron chi connectivity index (χ2n) is 5.82. The average molecular weight is 276 g/mol. The Kier molecular flexibility index (Phi) is 5.16. The molecule has 1 aromatic carbocycles. The van der Waals surface area contributed by atoms with Crippen molar-refractivity contribution in [3.63, 3.8) is 0 Å². The van der Waals surface area contributed by atoms with Crippen LogP contribution in [0.5, 0.6) is 5.75 Å². The van der Waals surface area contributed by atoms with Crippen molar-refractivity contribution in [1.29, 1.82) is 0 Å². The number of rotatable bonds is 5. The molecule has 3 nitrogen and oxygen atoms in total. The van der Waals surface area contributed by atoms with Crippen molar-refractivity contribution in [3.05, 3.63) is 18.2 Å². The van der Waals surface area contributed by atoms with Crippen LogP contribution in [0.4, 0.5) is 11.4 Å². The lowest BCUT2D eigenvalue weighted by molar-refractivity contribution is 0.313. The van der Waals surface area contributed by atoms with E-state index in [1.807, 2.05) is 19.1 Å². The van der Waals surface area contributed by atoms with E-state index in [0.29, 0.717) is 12.6 Å². The summed E-state index contributed by atoms with van der Waals surface area (Å²) in [5, 5.41) is 0. The maximum atomic E-state index is 6.26. The molecule has 1 aromatic rings. The molecule has 0 amide bonds. The van der Waals surface area contributed by atoms with Gasteiger partial charge in [0.2, 0.25) is 0 Å². The van der Waals surface area contributed by atoms with Crippen molar-refractivity contribution < 1.29 is 4.74 Å². The van der Waals surface area contributed by atoms with Crippen LogP contribution in [0, 0.1) is 5.92 Å². The van der Waals surface area contributed by atoms with Crippen molar-refractivity contribution in [2.75, 3.05) is 24.3 Å². The van der Waals surface area contributed by atoms with Crippen molar-refractivity contribution in [2.45, 2.75) is 52.0 Å². The van der Waals surface area contributed by atoms with Gasteiger partial charge in [-0.1, -0.05) is 19.4 Å². The Morgan fingerprint density at radius 1 is 1.20 bits per heavy atom. The highest BCUT2D eigenvalue weighted by atomic mass is 16.5. The lowest BCUT2D eigenvalue weighted by Gasteiger charge is -2.36. The Balaban J connectivity index is 2.09. The summed E-state index contributed by atoms with van der Waals surface area (Å²) < 4.78 is 5.60. The zero-order valence-electron chi connectivity index (χ0n) is 13.1. The molecule has 0 saturated heterocycles. The van der Waals surface area contributed by atoms with Crippen LogP contribution in [0.15, 0.2) is 18.2 Å². The Morgan fingerprint density at radius 3 is 2.50 bits per heavy atom. The van der Waals surface area contributed by atoms with E-state index in [1.165, 1.54) is 32.1 Å². The topological polar surface area (TPSA) is 38.5 Å². The predicted octanol–water partition coefficient (Wildman–Crippen LogP) is 4.07. The Labute approximate surface area is 123 Å². The van der Waals surface area contributed by atoms with Gasteiger partial charge in [0, 0.05) is 13.1 Å². The van der Waals surface area contributed by atoms with Crippen LogP contribution >= 0.6 is 0 Å². The summed E-state index contributed by atoms with van der Waals surface area (Å²) in [7, 11) is 2.17. The quantitative estimate of drug-likeness (QED) is 0.824. The molecule has 0 bridgehead atoms. The van der Waals surface area contributed by atoms with Crippen LogP contribution in [-0.4, -0.2) is 19.7 Å². The second-order valence-corrected chi connectivity index (χ2v) is 5.82. The largest absolute Gasteiger partial charge is 0.492 e. The summed E-state index contributed by atoms with van der Waals surface area (Å²) in [5.74, 6) is 1.73. The normalized spacial score (nSPS) is 22.6. The fourth-order valence-corrected chi connectivity index (χ4v) is 3.26. The first-order chi connectivity index (χ1) is 9.67. The minimum Gasteiger partial charge on any atom is -0.492 e. The summed E-state index contributed by atoms with van der Waals surface area (Å²) in [6, 6.07) is 6.69. The van der Waals surface area contributed by atoms with Gasteiger partial charge in [-0.25, -0.2) is 0 Å². The number of nitrogen functional groups attached to an aromatic ring is 1. The van der Waals surface area contributed by atoms with Gasteiger partial charge in [0.25, 0.3) is 0 Å². The van der Waals surface area contributed by atoms with Gasteiger partial charge in [0.1, 0.15) is 5.75 Å². The van der Waals surface area contributed by atoms with E-state index in [2.05, 4.69) is 24.9 Å². The van der Waals surface area contributed by atoms with Gasteiger partial charge in [0.05, 0.1) is 18.0 Å². The monoisotopic (exact) mass is 276 g/mol. The smallest absolute Gasteiger partial charge is 0.144 e. The first-order valence-corrected chi connectivity index (χ1v) is 7.91. The zero-order chi connectivity index (χ0) is 14.5. The molecule has 0 atom stereocenters. The Bertz CT molecular complexity index is 425. The molecular weight excluding hydrogens is 248 g/mol. The molecule has 2 rings (SSSR count). The summed E-state index contributed by atoms with van der Waals surface area (Å²) in [4.78, 5) is 2.35. The molecule has 1 aliphatic rings. The van der Waals surface area contributed by atoms with E-state index in [0.717, 1.165) is 23.0 Å². The van der Waals surface area contributed by atoms with Gasteiger partial charge >= 0.3 is 0 Å². The minimum atomic E-state index is 0.608. The van der Waals surface area contributed by atoms with Gasteiger partial charge in [0.15, 0.2) is 0 Å². The van der Waals surface area contributed by atoms with E-state index < -0.39 is 0 Å². The summed E-state index contributed by atoms with van der Waals surface area (Å²) >= 11 is 0. The SMILES string of the molecule is CCOc1cccc(N(C)C2CCC(CC)CC2)c1N. The van der Waals surface area contributed by atoms with E-state index in [9.17, 15) is 0 Å². The summed E-state index contributed by atoms with van der Waals surface area (Å²) in [6.07, 6.45) is 6.55. The van der Waals surface area contributed by atoms with Gasteiger partial charge in [-0.2, -0.15) is 0 Å². The number of ether oxygens (including phenoxy) is 1. The van der Waals surface area contributed by atoms with Crippen LogP contribution in [-0.2, 0) is 0 Å². The number of hydrogen-bond donors (Lipinski definition) is 1. The van der Waals surface area contributed by atoms with Crippen LogP contribution in [0.1, 0.15) is 46.0 Å². The molecule has 0 aliphatic heterocycles. The average Bonchev–Trinajstić information content (AvgIpc) is 2.49. The molecule has 3 heteroatoms. The lowest BCUT2D eigenvalue weighted by Crippen LogP contribution is -2.35. The molecule has 0 aromatic heterocycles. The molecular formula is C17H28N2O. The highest BCUT2D eigenvalue weighted by Gasteiger charge is 2.24. The van der Waals surface area contributed by atoms with Crippen LogP contribution in [0.25, 0.3) is 0 Å². The van der Waals surface area contributed by atoms with E-state index in [4.69, 9.17) is 10.5 Å². The van der Waals surface area contributed by atoms with Crippen LogP contribution < -0.4 is 15.4 Å². The second kappa shape index (κ2) is 6.87. The van der Waals surface area contributed by atoms with Gasteiger partial charge in [-0.3, -0.25) is 0 Å². The standard InChI is InChI=1S/C17H28N2O/c1-4-13-9-11-14(12-10-13)19(3)15-7-6-8-16(17(15)18)20-5-2/h6-8,13-14H,4-5,9-12,18H2,1-3H3. The molecule has 1 aliphatic carbocycles. The Hall–Kier alpha value is -1.38. The van der Waals surface area contributed by atoms with E-state index in [-0.39, 0.29) is 0 Å². The number of hydrogen-bond acceptors (Lipinski definition) is 3. The minimum absolute atomic E-state index is 0.608. The first-order valence-electron chi connectivity index (χ1n) is 7.91. The molecule has 1 fully saturated rings. The molecule has 2 N–H and O–H groups in total. The molecule has 112 valence electrons. The number of para-hydroxylation sites is 1. The number of nitrogens with zero attached hydrogens (tertiary/aromatic N) is 1. The maximum absolute atomic E-state index is 6.26. The predicted molar refractivity (Wildman–Crippen MR) is 86.5 cm³/mol. The third-order valence-corrected chi connectivity index (χ3v) is 4.66. The maximum Gasteiger partial charge on any atom is 0.144 e. The summed E-state index contributed by atoms with van der Waals surface area (Å²) in [5.41, 5.74) is 8.14. The molecule has 0 heterocycles.